The molecule has 0 aliphatic heterocycles. The second-order valence-corrected chi connectivity index (χ2v) is 19.2. The first-order valence-electron chi connectivity index (χ1n) is 21.4. The zero-order valence-corrected chi connectivity index (χ0v) is 34.8. The molecule has 12 rings (SSSR count). The van der Waals surface area contributed by atoms with Crippen LogP contribution in [-0.4, -0.2) is 9.13 Å². The van der Waals surface area contributed by atoms with Gasteiger partial charge in [0.15, 0.2) is 0 Å². The Balaban J connectivity index is 1.16. The van der Waals surface area contributed by atoms with E-state index in [2.05, 4.69) is 208 Å². The molecule has 2 heteroatoms. The Bertz CT molecular complexity index is 3390. The zero-order chi connectivity index (χ0) is 40.0. The summed E-state index contributed by atoms with van der Waals surface area (Å²) in [4.78, 5) is 0. The molecule has 2 heterocycles. The fraction of sp³-hybridized carbons (Fsp3) is 0.193. The zero-order valence-electron chi connectivity index (χ0n) is 34.8. The molecule has 0 atom stereocenters. The molecule has 0 saturated heterocycles. The van der Waals surface area contributed by atoms with E-state index in [9.17, 15) is 0 Å². The molecule has 0 N–H and O–H groups in total. The Labute approximate surface area is 346 Å². The van der Waals surface area contributed by atoms with Crippen molar-refractivity contribution < 1.29 is 0 Å². The summed E-state index contributed by atoms with van der Waals surface area (Å²) < 4.78 is 5.04. The topological polar surface area (TPSA) is 9.86 Å². The van der Waals surface area contributed by atoms with E-state index < -0.39 is 0 Å². The summed E-state index contributed by atoms with van der Waals surface area (Å²) in [5, 5.41) is 7.80. The number of benzene rings is 8. The molecule has 0 fully saturated rings. The lowest BCUT2D eigenvalue weighted by atomic mass is 9.63. The third-order valence-electron chi connectivity index (χ3n) is 14.6. The highest BCUT2D eigenvalue weighted by atomic mass is 15.0. The molecule has 0 amide bonds. The summed E-state index contributed by atoms with van der Waals surface area (Å²) in [5.41, 5.74) is 18.6. The molecule has 0 radical (unpaired) electrons. The van der Waals surface area contributed by atoms with E-state index in [-0.39, 0.29) is 16.2 Å². The average Bonchev–Trinajstić information content (AvgIpc) is 3.84. The van der Waals surface area contributed by atoms with Crippen LogP contribution in [0.5, 0.6) is 0 Å². The summed E-state index contributed by atoms with van der Waals surface area (Å²) in [6, 6.07) is 59.8. The van der Waals surface area contributed by atoms with Crippen molar-refractivity contribution in [3.05, 3.63) is 180 Å². The van der Waals surface area contributed by atoms with Gasteiger partial charge in [0.05, 0.1) is 22.1 Å². The van der Waals surface area contributed by atoms with Crippen LogP contribution in [0.2, 0.25) is 0 Å². The second kappa shape index (κ2) is 11.9. The minimum Gasteiger partial charge on any atom is -0.309 e. The highest BCUT2D eigenvalue weighted by molar-refractivity contribution is 6.25. The quantitative estimate of drug-likeness (QED) is 0.170. The third-order valence-corrected chi connectivity index (χ3v) is 14.6. The van der Waals surface area contributed by atoms with Crippen LogP contribution < -0.4 is 0 Å². The first-order chi connectivity index (χ1) is 28.5. The number of nitrogens with zero attached hydrogens (tertiary/aromatic N) is 2. The van der Waals surface area contributed by atoms with E-state index in [1.54, 1.807) is 0 Å². The van der Waals surface area contributed by atoms with Crippen LogP contribution in [0, 0.1) is 0 Å². The molecule has 2 aliphatic rings. The predicted molar refractivity (Wildman–Crippen MR) is 251 cm³/mol. The molecule has 10 aromatic rings. The minimum absolute atomic E-state index is 0.0355. The SMILES string of the molecule is CC1(C)CCC(C)(C)c2cc3c(cc21)c1cc2c4c5ccccc5ccc4n(-c4ccccc4)c2cc1n3-c1ccc(-c2cccc3c2-c2ccccc2C3(C)C)cc1. The standard InChI is InChI=1S/C57H48N2/c1-55(2)29-30-56(3,4)48-33-50-43(32-47(48)55)42-31-44-52(58(37-16-8-7-9-17-37)49-28-25-35-15-10-11-18-40(35)54(44)49)34-51(42)59(50)38-26-23-36(24-27-38)39-20-14-22-46-53(39)41-19-12-13-21-45(41)57(46,5)6/h7-28,31-34H,29-30H2,1-6H3. The molecule has 8 aromatic carbocycles. The second-order valence-electron chi connectivity index (χ2n) is 19.2. The predicted octanol–water partition coefficient (Wildman–Crippen LogP) is 15.4. The van der Waals surface area contributed by atoms with Crippen molar-refractivity contribution >= 4 is 54.4 Å². The van der Waals surface area contributed by atoms with Gasteiger partial charge in [-0.15, -0.1) is 0 Å². The smallest absolute Gasteiger partial charge is 0.0562 e. The largest absolute Gasteiger partial charge is 0.309 e. The van der Waals surface area contributed by atoms with Crippen LogP contribution in [0.3, 0.4) is 0 Å². The first kappa shape index (κ1) is 34.6. The monoisotopic (exact) mass is 760 g/mol. The maximum Gasteiger partial charge on any atom is 0.0562 e. The summed E-state index contributed by atoms with van der Waals surface area (Å²) in [6.07, 6.45) is 2.36. The normalized spacial score (nSPS) is 16.2. The Kier molecular flexibility index (Phi) is 6.96. The molecule has 0 unspecified atom stereocenters. The summed E-state index contributed by atoms with van der Waals surface area (Å²) in [5.74, 6) is 0. The number of fused-ring (bicyclic) bond motifs is 12. The Morgan fingerprint density at radius 2 is 0.983 bits per heavy atom. The van der Waals surface area contributed by atoms with Gasteiger partial charge in [0, 0.05) is 38.3 Å². The van der Waals surface area contributed by atoms with Crippen LogP contribution in [-0.2, 0) is 16.2 Å². The molecule has 286 valence electrons. The summed E-state index contributed by atoms with van der Waals surface area (Å²) in [7, 11) is 0. The summed E-state index contributed by atoms with van der Waals surface area (Å²) in [6.45, 7) is 14.5. The molecular formula is C57H48N2. The van der Waals surface area contributed by atoms with Crippen molar-refractivity contribution in [1.82, 2.24) is 9.13 Å². The first-order valence-corrected chi connectivity index (χ1v) is 21.4. The van der Waals surface area contributed by atoms with E-state index in [0.29, 0.717) is 0 Å². The maximum absolute atomic E-state index is 2.57. The Morgan fingerprint density at radius 3 is 1.78 bits per heavy atom. The van der Waals surface area contributed by atoms with Crippen molar-refractivity contribution in [2.24, 2.45) is 0 Å². The van der Waals surface area contributed by atoms with E-state index in [1.807, 2.05) is 0 Å². The molecule has 2 nitrogen and oxygen atoms in total. The van der Waals surface area contributed by atoms with Crippen LogP contribution in [0.4, 0.5) is 0 Å². The van der Waals surface area contributed by atoms with E-state index >= 15 is 0 Å². The number of hydrogen-bond donors (Lipinski definition) is 0. The van der Waals surface area contributed by atoms with Crippen molar-refractivity contribution in [2.45, 2.75) is 70.6 Å². The van der Waals surface area contributed by atoms with Gasteiger partial charge in [-0.2, -0.15) is 0 Å². The Hall–Kier alpha value is -6.38. The molecule has 59 heavy (non-hydrogen) atoms. The highest BCUT2D eigenvalue weighted by Crippen LogP contribution is 2.53. The molecular weight excluding hydrogens is 713 g/mol. The molecule has 0 spiro atoms. The lowest BCUT2D eigenvalue weighted by Crippen LogP contribution is -2.33. The van der Waals surface area contributed by atoms with E-state index in [1.165, 1.54) is 123 Å². The van der Waals surface area contributed by atoms with Crippen molar-refractivity contribution in [1.29, 1.82) is 0 Å². The fourth-order valence-corrected chi connectivity index (χ4v) is 11.3. The number of hydrogen-bond acceptors (Lipinski definition) is 0. The molecule has 0 bridgehead atoms. The van der Waals surface area contributed by atoms with Crippen molar-refractivity contribution in [3.8, 4) is 33.6 Å². The average molecular weight is 761 g/mol. The molecule has 2 aromatic heterocycles. The van der Waals surface area contributed by atoms with Gasteiger partial charge in [0.25, 0.3) is 0 Å². The number of para-hydroxylation sites is 1. The third kappa shape index (κ3) is 4.75. The van der Waals surface area contributed by atoms with Gasteiger partial charge < -0.3 is 9.13 Å². The number of rotatable bonds is 3. The van der Waals surface area contributed by atoms with Crippen LogP contribution in [0.1, 0.15) is 76.6 Å². The lowest BCUT2D eigenvalue weighted by molar-refractivity contribution is 0.332. The molecule has 2 aliphatic carbocycles. The van der Waals surface area contributed by atoms with E-state index in [0.717, 1.165) is 0 Å². The van der Waals surface area contributed by atoms with Gasteiger partial charge >= 0.3 is 0 Å². The van der Waals surface area contributed by atoms with Gasteiger partial charge in [0.2, 0.25) is 0 Å². The van der Waals surface area contributed by atoms with Crippen LogP contribution >= 0.6 is 0 Å². The van der Waals surface area contributed by atoms with Gasteiger partial charge in [0.1, 0.15) is 0 Å². The van der Waals surface area contributed by atoms with Crippen LogP contribution in [0.15, 0.2) is 158 Å². The van der Waals surface area contributed by atoms with Crippen LogP contribution in [0.25, 0.3) is 88.0 Å². The van der Waals surface area contributed by atoms with Crippen molar-refractivity contribution in [2.75, 3.05) is 0 Å². The molecule has 0 saturated carbocycles. The van der Waals surface area contributed by atoms with Gasteiger partial charge in [-0.05, 0) is 134 Å². The maximum atomic E-state index is 2.57. The lowest BCUT2D eigenvalue weighted by Gasteiger charge is -2.42. The van der Waals surface area contributed by atoms with Crippen molar-refractivity contribution in [3.63, 3.8) is 0 Å². The van der Waals surface area contributed by atoms with Gasteiger partial charge in [-0.25, -0.2) is 0 Å². The van der Waals surface area contributed by atoms with Gasteiger partial charge in [-0.3, -0.25) is 0 Å². The minimum atomic E-state index is -0.0355. The van der Waals surface area contributed by atoms with Gasteiger partial charge in [-0.1, -0.05) is 145 Å². The fourth-order valence-electron chi connectivity index (χ4n) is 11.3. The highest BCUT2D eigenvalue weighted by Gasteiger charge is 2.39. The Morgan fingerprint density at radius 1 is 0.390 bits per heavy atom. The summed E-state index contributed by atoms with van der Waals surface area (Å²) >= 11 is 0. The van der Waals surface area contributed by atoms with E-state index in [4.69, 9.17) is 0 Å². The number of aromatic nitrogens is 2.